The third-order valence-electron chi connectivity index (χ3n) is 3.18. The Balaban J connectivity index is 2.03. The molecule has 1 heterocycles. The SMILES string of the molecule is O=C(O)C1CC1c1c[nH]c2cc(Cl)ccc12. The van der Waals surface area contributed by atoms with Crippen molar-refractivity contribution in [1.82, 2.24) is 4.98 Å². The molecule has 1 aromatic carbocycles. The van der Waals surface area contributed by atoms with Crippen LogP contribution in [0, 0.1) is 5.92 Å². The van der Waals surface area contributed by atoms with Gasteiger partial charge in [0.25, 0.3) is 0 Å². The number of carboxylic acid groups (broad SMARTS) is 1. The fourth-order valence-corrected chi connectivity index (χ4v) is 2.41. The summed E-state index contributed by atoms with van der Waals surface area (Å²) in [5, 5.41) is 10.7. The number of H-pyrrole nitrogens is 1. The predicted molar refractivity (Wildman–Crippen MR) is 61.8 cm³/mol. The van der Waals surface area contributed by atoms with Crippen LogP contribution in [0.2, 0.25) is 5.02 Å². The van der Waals surface area contributed by atoms with Crippen molar-refractivity contribution in [3.8, 4) is 0 Å². The summed E-state index contributed by atoms with van der Waals surface area (Å²) in [6, 6.07) is 5.64. The molecule has 2 aromatic rings. The van der Waals surface area contributed by atoms with E-state index in [1.54, 1.807) is 0 Å². The van der Waals surface area contributed by atoms with Crippen molar-refractivity contribution in [2.45, 2.75) is 12.3 Å². The van der Waals surface area contributed by atoms with E-state index in [2.05, 4.69) is 4.98 Å². The molecule has 3 rings (SSSR count). The summed E-state index contributed by atoms with van der Waals surface area (Å²) >= 11 is 5.89. The maximum absolute atomic E-state index is 10.8. The smallest absolute Gasteiger partial charge is 0.307 e. The molecule has 16 heavy (non-hydrogen) atoms. The Morgan fingerprint density at radius 1 is 1.50 bits per heavy atom. The molecule has 2 atom stereocenters. The lowest BCUT2D eigenvalue weighted by molar-refractivity contribution is -0.138. The molecule has 2 N–H and O–H groups in total. The van der Waals surface area contributed by atoms with Gasteiger partial charge in [-0.2, -0.15) is 0 Å². The summed E-state index contributed by atoms with van der Waals surface area (Å²) in [4.78, 5) is 14.0. The molecule has 2 unspecified atom stereocenters. The number of hydrogen-bond acceptors (Lipinski definition) is 1. The van der Waals surface area contributed by atoms with Crippen LogP contribution in [0.1, 0.15) is 17.9 Å². The van der Waals surface area contributed by atoms with Gasteiger partial charge in [0.15, 0.2) is 0 Å². The van der Waals surface area contributed by atoms with Crippen LogP contribution in [-0.4, -0.2) is 16.1 Å². The second-order valence-corrected chi connectivity index (χ2v) is 4.66. The Bertz CT molecular complexity index is 575. The number of benzene rings is 1. The Morgan fingerprint density at radius 3 is 3.00 bits per heavy atom. The highest BCUT2D eigenvalue weighted by Gasteiger charge is 2.45. The van der Waals surface area contributed by atoms with Crippen LogP contribution in [-0.2, 0) is 4.79 Å². The first-order valence-electron chi connectivity index (χ1n) is 5.16. The van der Waals surface area contributed by atoms with Crippen LogP contribution >= 0.6 is 11.6 Å². The van der Waals surface area contributed by atoms with Gasteiger partial charge in [-0.05, 0) is 24.1 Å². The topological polar surface area (TPSA) is 53.1 Å². The number of fused-ring (bicyclic) bond motifs is 1. The Kier molecular flexibility index (Phi) is 1.98. The van der Waals surface area contributed by atoms with Crippen molar-refractivity contribution < 1.29 is 9.90 Å². The number of carboxylic acids is 1. The lowest BCUT2D eigenvalue weighted by Gasteiger charge is -1.96. The van der Waals surface area contributed by atoms with E-state index in [1.165, 1.54) is 0 Å². The quantitative estimate of drug-likeness (QED) is 0.841. The molecule has 0 bridgehead atoms. The van der Waals surface area contributed by atoms with E-state index in [9.17, 15) is 4.79 Å². The van der Waals surface area contributed by atoms with Crippen molar-refractivity contribution in [3.63, 3.8) is 0 Å². The molecule has 1 saturated carbocycles. The van der Waals surface area contributed by atoms with E-state index >= 15 is 0 Å². The number of nitrogens with one attached hydrogen (secondary N) is 1. The van der Waals surface area contributed by atoms with Crippen LogP contribution in [0.4, 0.5) is 0 Å². The highest BCUT2D eigenvalue weighted by atomic mass is 35.5. The van der Waals surface area contributed by atoms with Gasteiger partial charge in [-0.3, -0.25) is 4.79 Å². The minimum Gasteiger partial charge on any atom is -0.481 e. The molecule has 0 saturated heterocycles. The van der Waals surface area contributed by atoms with Gasteiger partial charge in [0.1, 0.15) is 0 Å². The highest BCUT2D eigenvalue weighted by molar-refractivity contribution is 6.31. The van der Waals surface area contributed by atoms with Crippen molar-refractivity contribution in [2.24, 2.45) is 5.92 Å². The average molecular weight is 236 g/mol. The first-order valence-corrected chi connectivity index (χ1v) is 5.54. The third-order valence-corrected chi connectivity index (χ3v) is 3.42. The van der Waals surface area contributed by atoms with Gasteiger partial charge in [-0.15, -0.1) is 0 Å². The number of hydrogen-bond donors (Lipinski definition) is 2. The second-order valence-electron chi connectivity index (χ2n) is 4.22. The number of halogens is 1. The first-order chi connectivity index (χ1) is 7.66. The normalized spacial score (nSPS) is 23.6. The number of aliphatic carboxylic acids is 1. The summed E-state index contributed by atoms with van der Waals surface area (Å²) in [7, 11) is 0. The van der Waals surface area contributed by atoms with E-state index < -0.39 is 5.97 Å². The first kappa shape index (κ1) is 9.73. The lowest BCUT2D eigenvalue weighted by atomic mass is 10.1. The number of aromatic amines is 1. The molecule has 1 aromatic heterocycles. The zero-order valence-corrected chi connectivity index (χ0v) is 9.16. The van der Waals surface area contributed by atoms with E-state index in [4.69, 9.17) is 16.7 Å². The predicted octanol–water partition coefficient (Wildman–Crippen LogP) is 3.01. The second kappa shape index (κ2) is 3.25. The van der Waals surface area contributed by atoms with E-state index in [0.29, 0.717) is 5.02 Å². The maximum Gasteiger partial charge on any atom is 0.307 e. The van der Waals surface area contributed by atoms with Gasteiger partial charge in [-0.25, -0.2) is 0 Å². The molecular formula is C12H10ClNO2. The van der Waals surface area contributed by atoms with Crippen molar-refractivity contribution in [1.29, 1.82) is 0 Å². The lowest BCUT2D eigenvalue weighted by Crippen LogP contribution is -1.98. The number of carbonyl (C=O) groups is 1. The largest absolute Gasteiger partial charge is 0.481 e. The molecule has 0 radical (unpaired) electrons. The Labute approximate surface area is 97.0 Å². The Hall–Kier alpha value is -1.48. The van der Waals surface area contributed by atoms with Gasteiger partial charge < -0.3 is 10.1 Å². The van der Waals surface area contributed by atoms with Crippen LogP contribution in [0.3, 0.4) is 0 Å². The van der Waals surface area contributed by atoms with Crippen LogP contribution in [0.5, 0.6) is 0 Å². The maximum atomic E-state index is 10.8. The molecule has 1 fully saturated rings. The molecule has 82 valence electrons. The fourth-order valence-electron chi connectivity index (χ4n) is 2.24. The molecule has 0 aliphatic heterocycles. The monoisotopic (exact) mass is 235 g/mol. The van der Waals surface area contributed by atoms with Crippen LogP contribution in [0.25, 0.3) is 10.9 Å². The van der Waals surface area contributed by atoms with Gasteiger partial charge in [0.05, 0.1) is 5.92 Å². The molecule has 1 aliphatic rings. The zero-order valence-electron chi connectivity index (χ0n) is 8.40. The minimum absolute atomic E-state index is 0.160. The molecule has 1 aliphatic carbocycles. The third kappa shape index (κ3) is 1.39. The summed E-state index contributed by atoms with van der Waals surface area (Å²) in [6.07, 6.45) is 2.64. The summed E-state index contributed by atoms with van der Waals surface area (Å²) in [5.74, 6) is -0.754. The molecule has 4 heteroatoms. The molecular weight excluding hydrogens is 226 g/mol. The standard InChI is InChI=1S/C12H10ClNO2/c13-6-1-2-7-10(5-14-11(7)3-6)8-4-9(8)12(15)16/h1-3,5,8-9,14H,4H2,(H,15,16). The molecule has 0 spiro atoms. The van der Waals surface area contributed by atoms with Gasteiger partial charge in [0, 0.05) is 28.0 Å². The fraction of sp³-hybridized carbons (Fsp3) is 0.250. The van der Waals surface area contributed by atoms with Crippen molar-refractivity contribution in [3.05, 3.63) is 35.0 Å². The van der Waals surface area contributed by atoms with Gasteiger partial charge in [-0.1, -0.05) is 17.7 Å². The molecule has 3 nitrogen and oxygen atoms in total. The van der Waals surface area contributed by atoms with Crippen molar-refractivity contribution in [2.75, 3.05) is 0 Å². The zero-order chi connectivity index (χ0) is 11.3. The van der Waals surface area contributed by atoms with Crippen LogP contribution in [0.15, 0.2) is 24.4 Å². The summed E-state index contributed by atoms with van der Waals surface area (Å²) in [5.41, 5.74) is 2.07. The highest BCUT2D eigenvalue weighted by Crippen LogP contribution is 2.49. The van der Waals surface area contributed by atoms with Crippen molar-refractivity contribution >= 4 is 28.5 Å². The Morgan fingerprint density at radius 2 is 2.31 bits per heavy atom. The van der Waals surface area contributed by atoms with Gasteiger partial charge in [0.2, 0.25) is 0 Å². The number of rotatable bonds is 2. The van der Waals surface area contributed by atoms with Crippen LogP contribution < -0.4 is 0 Å². The summed E-state index contributed by atoms with van der Waals surface area (Å²) < 4.78 is 0. The van der Waals surface area contributed by atoms with Gasteiger partial charge >= 0.3 is 5.97 Å². The average Bonchev–Trinajstić information content (AvgIpc) is 2.93. The summed E-state index contributed by atoms with van der Waals surface area (Å²) in [6.45, 7) is 0. The number of aromatic nitrogens is 1. The van der Waals surface area contributed by atoms with E-state index in [-0.39, 0.29) is 11.8 Å². The van der Waals surface area contributed by atoms with E-state index in [0.717, 1.165) is 22.9 Å². The minimum atomic E-state index is -0.701. The molecule has 0 amide bonds. The van der Waals surface area contributed by atoms with E-state index in [1.807, 2.05) is 24.4 Å².